The molecule has 0 spiro atoms. The van der Waals surface area contributed by atoms with Gasteiger partial charge in [-0.2, -0.15) is 0 Å². The summed E-state index contributed by atoms with van der Waals surface area (Å²) in [6.07, 6.45) is -0.441. The second-order valence-electron chi connectivity index (χ2n) is 10.3. The number of aliphatic hydroxyl groups is 1. The Hall–Kier alpha value is -2.53. The average molecular weight is 641 g/mol. The van der Waals surface area contributed by atoms with E-state index in [0.29, 0.717) is 34.7 Å². The molecule has 2 N–H and O–H groups in total. The third-order valence-electron chi connectivity index (χ3n) is 6.99. The van der Waals surface area contributed by atoms with E-state index >= 15 is 0 Å². The number of nitrogens with zero attached hydrogens (tertiary/aromatic N) is 2. The molecular formula is C29H32Cl3N3O5S. The predicted octanol–water partition coefficient (Wildman–Crippen LogP) is 5.80. The van der Waals surface area contributed by atoms with Crippen LogP contribution in [0.1, 0.15) is 29.8 Å². The van der Waals surface area contributed by atoms with E-state index in [1.54, 1.807) is 36.1 Å². The first kappa shape index (κ1) is 31.4. The summed E-state index contributed by atoms with van der Waals surface area (Å²) in [5, 5.41) is 11.3. The molecular weight excluding hydrogens is 609 g/mol. The molecule has 1 heterocycles. The number of carbonyl (C=O) groups excluding carboxylic acids is 1. The Bertz CT molecular complexity index is 1500. The van der Waals surface area contributed by atoms with E-state index in [2.05, 4.69) is 9.62 Å². The van der Waals surface area contributed by atoms with Crippen LogP contribution in [0.2, 0.25) is 15.1 Å². The zero-order valence-corrected chi connectivity index (χ0v) is 25.9. The van der Waals surface area contributed by atoms with Crippen LogP contribution in [0.5, 0.6) is 5.75 Å². The molecule has 3 atom stereocenters. The van der Waals surface area contributed by atoms with Crippen molar-refractivity contribution in [1.29, 1.82) is 0 Å². The molecule has 3 aromatic carbocycles. The Labute approximate surface area is 255 Å². The largest absolute Gasteiger partial charge is 0.486 e. The summed E-state index contributed by atoms with van der Waals surface area (Å²) < 4.78 is 35.6. The first-order valence-corrected chi connectivity index (χ1v) is 15.6. The molecule has 0 unspecified atom stereocenters. The Balaban J connectivity index is 1.70. The van der Waals surface area contributed by atoms with Gasteiger partial charge in [-0.25, -0.2) is 8.42 Å². The van der Waals surface area contributed by atoms with Crippen molar-refractivity contribution in [3.05, 3.63) is 86.9 Å². The zero-order chi connectivity index (χ0) is 29.9. The molecule has 0 fully saturated rings. The van der Waals surface area contributed by atoms with Crippen molar-refractivity contribution in [3.8, 4) is 5.75 Å². The van der Waals surface area contributed by atoms with E-state index in [-0.39, 0.29) is 40.3 Å². The maximum Gasteiger partial charge on any atom is 0.262 e. The topological polar surface area (TPSA) is 99.2 Å². The van der Waals surface area contributed by atoms with Gasteiger partial charge in [0.05, 0.1) is 38.8 Å². The smallest absolute Gasteiger partial charge is 0.262 e. The molecule has 41 heavy (non-hydrogen) atoms. The van der Waals surface area contributed by atoms with Gasteiger partial charge in [0.25, 0.3) is 15.9 Å². The molecule has 0 saturated carbocycles. The number of ether oxygens (including phenoxy) is 1. The lowest BCUT2D eigenvalue weighted by Gasteiger charge is -2.38. The lowest BCUT2D eigenvalue weighted by atomic mass is 9.99. The van der Waals surface area contributed by atoms with Gasteiger partial charge in [0.2, 0.25) is 0 Å². The number of hydrogen-bond acceptors (Lipinski definition) is 6. The minimum atomic E-state index is -4.03. The van der Waals surface area contributed by atoms with E-state index in [9.17, 15) is 18.3 Å². The predicted molar refractivity (Wildman–Crippen MR) is 163 cm³/mol. The van der Waals surface area contributed by atoms with Crippen LogP contribution in [0.25, 0.3) is 0 Å². The summed E-state index contributed by atoms with van der Waals surface area (Å²) in [5.41, 5.74) is 1.29. The lowest BCUT2D eigenvalue weighted by molar-refractivity contribution is 0.0344. The van der Waals surface area contributed by atoms with Crippen molar-refractivity contribution < 1.29 is 23.1 Å². The number of amides is 1. The number of anilines is 1. The summed E-state index contributed by atoms with van der Waals surface area (Å²) in [6.45, 7) is 4.86. The van der Waals surface area contributed by atoms with Crippen molar-refractivity contribution in [2.24, 2.45) is 5.92 Å². The molecule has 8 nitrogen and oxygen atoms in total. The van der Waals surface area contributed by atoms with Gasteiger partial charge < -0.3 is 14.7 Å². The molecule has 0 saturated heterocycles. The molecule has 12 heteroatoms. The van der Waals surface area contributed by atoms with Crippen LogP contribution in [0.3, 0.4) is 0 Å². The molecule has 3 aromatic rings. The minimum Gasteiger partial charge on any atom is -0.486 e. The normalized spacial score (nSPS) is 18.3. The van der Waals surface area contributed by atoms with Crippen LogP contribution in [0.4, 0.5) is 5.69 Å². The molecule has 1 amide bonds. The van der Waals surface area contributed by atoms with Crippen LogP contribution < -0.4 is 9.46 Å². The maximum atomic E-state index is 13.7. The highest BCUT2D eigenvalue weighted by atomic mass is 35.5. The number of fused-ring (bicyclic) bond motifs is 1. The van der Waals surface area contributed by atoms with Crippen molar-refractivity contribution in [2.45, 2.75) is 37.4 Å². The number of para-hydroxylation sites is 1. The van der Waals surface area contributed by atoms with E-state index in [1.807, 2.05) is 26.1 Å². The summed E-state index contributed by atoms with van der Waals surface area (Å²) >= 11 is 18.2. The van der Waals surface area contributed by atoms with E-state index in [1.165, 1.54) is 24.3 Å². The number of aliphatic hydroxyl groups excluding tert-OH is 1. The van der Waals surface area contributed by atoms with Gasteiger partial charge in [0.15, 0.2) is 5.75 Å². The number of carbonyl (C=O) groups is 1. The average Bonchev–Trinajstić information content (AvgIpc) is 2.92. The second kappa shape index (κ2) is 13.2. The summed E-state index contributed by atoms with van der Waals surface area (Å²) in [7, 11) is -2.09. The van der Waals surface area contributed by atoms with Gasteiger partial charge in [-0.05, 0) is 68.1 Å². The van der Waals surface area contributed by atoms with Gasteiger partial charge in [-0.1, -0.05) is 53.9 Å². The van der Waals surface area contributed by atoms with Crippen LogP contribution in [0, 0.1) is 5.92 Å². The fraction of sp³-hybridized carbons (Fsp3) is 0.345. The van der Waals surface area contributed by atoms with Gasteiger partial charge in [0, 0.05) is 30.6 Å². The van der Waals surface area contributed by atoms with Crippen LogP contribution >= 0.6 is 34.8 Å². The monoisotopic (exact) mass is 639 g/mol. The first-order chi connectivity index (χ1) is 19.4. The molecule has 1 aliphatic rings. The number of likely N-dealkylation sites (N-methyl/N-ethyl adjacent to an activating group) is 1. The van der Waals surface area contributed by atoms with Gasteiger partial charge >= 0.3 is 0 Å². The van der Waals surface area contributed by atoms with Crippen molar-refractivity contribution >= 4 is 56.4 Å². The summed E-state index contributed by atoms with van der Waals surface area (Å²) in [4.78, 5) is 17.4. The molecule has 4 rings (SSSR count). The molecule has 0 radical (unpaired) electrons. The van der Waals surface area contributed by atoms with Crippen molar-refractivity contribution in [2.75, 3.05) is 31.5 Å². The fourth-order valence-electron chi connectivity index (χ4n) is 4.68. The molecule has 0 bridgehead atoms. The highest BCUT2D eigenvalue weighted by Crippen LogP contribution is 2.36. The van der Waals surface area contributed by atoms with E-state index in [0.717, 1.165) is 5.56 Å². The Morgan fingerprint density at radius 2 is 1.80 bits per heavy atom. The van der Waals surface area contributed by atoms with Crippen molar-refractivity contribution in [1.82, 2.24) is 9.80 Å². The quantitative estimate of drug-likeness (QED) is 0.307. The van der Waals surface area contributed by atoms with Gasteiger partial charge in [0.1, 0.15) is 6.10 Å². The SMILES string of the molecule is C[C@@H]1CN([C@H](C)CO)C(=O)c2cccc(NS(=O)(=O)c3ccc(Cl)cc3)c2O[C@H]1CN(C)Cc1ccc(Cl)c(Cl)c1. The molecule has 0 aromatic heterocycles. The number of sulfonamides is 1. The number of halogens is 3. The van der Waals surface area contributed by atoms with Crippen LogP contribution in [-0.4, -0.2) is 68.1 Å². The van der Waals surface area contributed by atoms with Gasteiger partial charge in [-0.15, -0.1) is 0 Å². The zero-order valence-electron chi connectivity index (χ0n) is 22.9. The standard InChI is InChI=1S/C29H32Cl3N3O5S/c1-18-14-35(19(2)17-36)29(37)23-5-4-6-26(33-41(38,39)22-10-8-21(30)9-11-22)28(23)40-27(18)16-34(3)15-20-7-12-24(31)25(32)13-20/h4-13,18-19,27,33,36H,14-17H2,1-3H3/t18-,19-,27+/m1/s1. The van der Waals surface area contributed by atoms with Crippen LogP contribution in [0.15, 0.2) is 65.6 Å². The second-order valence-corrected chi connectivity index (χ2v) is 13.2. The minimum absolute atomic E-state index is 0.0125. The highest BCUT2D eigenvalue weighted by molar-refractivity contribution is 7.92. The molecule has 1 aliphatic heterocycles. The number of rotatable bonds is 9. The first-order valence-electron chi connectivity index (χ1n) is 13.0. The number of nitrogens with one attached hydrogen (secondary N) is 1. The fourth-order valence-corrected chi connectivity index (χ4v) is 6.19. The van der Waals surface area contributed by atoms with Gasteiger partial charge in [-0.3, -0.25) is 14.4 Å². The Morgan fingerprint density at radius 1 is 1.10 bits per heavy atom. The Morgan fingerprint density at radius 3 is 2.46 bits per heavy atom. The van der Waals surface area contributed by atoms with Crippen molar-refractivity contribution in [3.63, 3.8) is 0 Å². The number of benzene rings is 3. The molecule has 0 aliphatic carbocycles. The van der Waals surface area contributed by atoms with E-state index < -0.39 is 22.2 Å². The summed E-state index contributed by atoms with van der Waals surface area (Å²) in [6, 6.07) is 15.5. The van der Waals surface area contributed by atoms with E-state index in [4.69, 9.17) is 39.5 Å². The Kier molecular flexibility index (Phi) is 10.1. The van der Waals surface area contributed by atoms with Crippen LogP contribution in [-0.2, 0) is 16.6 Å². The third-order valence-corrected chi connectivity index (χ3v) is 9.36. The summed E-state index contributed by atoms with van der Waals surface area (Å²) in [5.74, 6) is -0.397. The highest BCUT2D eigenvalue weighted by Gasteiger charge is 2.35. The molecule has 220 valence electrons. The third kappa shape index (κ3) is 7.46. The number of hydrogen-bond donors (Lipinski definition) is 2. The maximum absolute atomic E-state index is 13.7. The lowest BCUT2D eigenvalue weighted by Crippen LogP contribution is -2.49.